The highest BCUT2D eigenvalue weighted by atomic mass is 15.1. The van der Waals surface area contributed by atoms with Crippen molar-refractivity contribution < 1.29 is 0 Å². The first kappa shape index (κ1) is 14.5. The summed E-state index contributed by atoms with van der Waals surface area (Å²) in [7, 11) is 0. The van der Waals surface area contributed by atoms with E-state index in [0.29, 0.717) is 5.92 Å². The second kappa shape index (κ2) is 5.76. The molecule has 3 heterocycles. The van der Waals surface area contributed by atoms with E-state index < -0.39 is 0 Å². The van der Waals surface area contributed by atoms with Crippen LogP contribution in [0.4, 0.5) is 0 Å². The lowest BCUT2D eigenvalue weighted by Crippen LogP contribution is -2.42. The molecule has 4 nitrogen and oxygen atoms in total. The van der Waals surface area contributed by atoms with Gasteiger partial charge in [-0.15, -0.1) is 0 Å². The van der Waals surface area contributed by atoms with Gasteiger partial charge in [0.2, 0.25) is 0 Å². The van der Waals surface area contributed by atoms with Gasteiger partial charge in [0.1, 0.15) is 11.3 Å². The van der Waals surface area contributed by atoms with Crippen LogP contribution >= 0.6 is 0 Å². The molecule has 2 aromatic rings. The number of imidazole rings is 1. The molecule has 3 rings (SSSR count). The monoisotopic (exact) mass is 286 g/mol. The summed E-state index contributed by atoms with van der Waals surface area (Å²) in [6.07, 6.45) is 5.52. The van der Waals surface area contributed by atoms with Crippen LogP contribution in [0.15, 0.2) is 18.3 Å². The molecule has 1 fully saturated rings. The molecule has 114 valence electrons. The average Bonchev–Trinajstić information content (AvgIpc) is 2.88. The summed E-state index contributed by atoms with van der Waals surface area (Å²) in [5, 5.41) is 3.54. The van der Waals surface area contributed by atoms with E-state index in [1.165, 1.54) is 18.7 Å². The molecule has 0 saturated carbocycles. The van der Waals surface area contributed by atoms with Gasteiger partial charge in [-0.3, -0.25) is 0 Å². The predicted octanol–water partition coefficient (Wildman–Crippen LogP) is 3.12. The minimum absolute atomic E-state index is 0.0727. The molecule has 2 aromatic heterocycles. The maximum absolute atomic E-state index is 4.95. The quantitative estimate of drug-likeness (QED) is 0.939. The Kier molecular flexibility index (Phi) is 3.98. The summed E-state index contributed by atoms with van der Waals surface area (Å²) in [5.41, 5.74) is 2.13. The summed E-state index contributed by atoms with van der Waals surface area (Å²) < 4.78 is 2.34. The van der Waals surface area contributed by atoms with E-state index in [-0.39, 0.29) is 5.41 Å². The molecule has 21 heavy (non-hydrogen) atoms. The molecular weight excluding hydrogens is 260 g/mol. The minimum atomic E-state index is 0.0727. The lowest BCUT2D eigenvalue weighted by atomic mass is 9.74. The van der Waals surface area contributed by atoms with Gasteiger partial charge in [-0.2, -0.15) is 0 Å². The third-order valence-electron chi connectivity index (χ3n) is 4.84. The summed E-state index contributed by atoms with van der Waals surface area (Å²) in [6, 6.07) is 4.05. The molecule has 0 aliphatic carbocycles. The highest BCUT2D eigenvalue weighted by molar-refractivity contribution is 5.71. The average molecular weight is 286 g/mol. The number of aryl methyl sites for hydroxylation is 1. The molecule has 1 atom stereocenters. The number of pyridine rings is 1. The van der Waals surface area contributed by atoms with Crippen LogP contribution in [0.3, 0.4) is 0 Å². The van der Waals surface area contributed by atoms with Gasteiger partial charge in [0.05, 0.1) is 0 Å². The normalized spacial score (nSPS) is 20.0. The van der Waals surface area contributed by atoms with Crippen molar-refractivity contribution in [3.8, 4) is 0 Å². The molecule has 1 aliphatic rings. The SMILES string of the molecule is CCCn1c(C(C)(C)C2CCCNC2)nc2cccnc21. The van der Waals surface area contributed by atoms with Gasteiger partial charge in [0, 0.05) is 18.2 Å². The number of hydrogen-bond acceptors (Lipinski definition) is 3. The lowest BCUT2D eigenvalue weighted by Gasteiger charge is -2.37. The molecule has 1 saturated heterocycles. The highest BCUT2D eigenvalue weighted by Crippen LogP contribution is 2.36. The highest BCUT2D eigenvalue weighted by Gasteiger charge is 2.36. The van der Waals surface area contributed by atoms with E-state index in [9.17, 15) is 0 Å². The van der Waals surface area contributed by atoms with Crippen LogP contribution in [0.5, 0.6) is 0 Å². The smallest absolute Gasteiger partial charge is 0.159 e. The van der Waals surface area contributed by atoms with Crippen molar-refractivity contribution in [1.29, 1.82) is 0 Å². The standard InChI is InChI=1S/C17H26N4/c1-4-11-21-15-14(8-6-10-19-15)20-16(21)17(2,3)13-7-5-9-18-12-13/h6,8,10,13,18H,4-5,7,9,11-12H2,1-3H3. The molecule has 1 N–H and O–H groups in total. The molecule has 0 aromatic carbocycles. The van der Waals surface area contributed by atoms with Crippen LogP contribution in [0.2, 0.25) is 0 Å². The zero-order valence-electron chi connectivity index (χ0n) is 13.4. The molecule has 4 heteroatoms. The van der Waals surface area contributed by atoms with Crippen molar-refractivity contribution in [2.24, 2.45) is 5.92 Å². The maximum Gasteiger partial charge on any atom is 0.159 e. The summed E-state index contributed by atoms with van der Waals surface area (Å²) in [5.74, 6) is 1.84. The Morgan fingerprint density at radius 2 is 2.29 bits per heavy atom. The van der Waals surface area contributed by atoms with E-state index in [2.05, 4.69) is 41.7 Å². The summed E-state index contributed by atoms with van der Waals surface area (Å²) in [4.78, 5) is 9.51. The fourth-order valence-electron chi connectivity index (χ4n) is 3.54. The van der Waals surface area contributed by atoms with Crippen LogP contribution in [0, 0.1) is 5.92 Å². The van der Waals surface area contributed by atoms with E-state index >= 15 is 0 Å². The first-order valence-electron chi connectivity index (χ1n) is 8.17. The topological polar surface area (TPSA) is 42.7 Å². The van der Waals surface area contributed by atoms with Crippen LogP contribution in [-0.2, 0) is 12.0 Å². The Bertz CT molecular complexity index is 608. The largest absolute Gasteiger partial charge is 0.316 e. The van der Waals surface area contributed by atoms with Crippen molar-refractivity contribution >= 4 is 11.2 Å². The van der Waals surface area contributed by atoms with Crippen molar-refractivity contribution in [1.82, 2.24) is 19.9 Å². The van der Waals surface area contributed by atoms with Crippen LogP contribution in [0.1, 0.15) is 45.9 Å². The van der Waals surface area contributed by atoms with Gasteiger partial charge in [-0.1, -0.05) is 20.8 Å². The van der Waals surface area contributed by atoms with Gasteiger partial charge in [-0.25, -0.2) is 9.97 Å². The molecule has 0 radical (unpaired) electrons. The molecular formula is C17H26N4. The predicted molar refractivity (Wildman–Crippen MR) is 86.4 cm³/mol. The van der Waals surface area contributed by atoms with Gasteiger partial charge < -0.3 is 9.88 Å². The van der Waals surface area contributed by atoms with Gasteiger partial charge in [-0.05, 0) is 50.4 Å². The second-order valence-electron chi connectivity index (χ2n) is 6.70. The zero-order chi connectivity index (χ0) is 14.9. The fraction of sp³-hybridized carbons (Fsp3) is 0.647. The van der Waals surface area contributed by atoms with Crippen molar-refractivity contribution in [3.05, 3.63) is 24.2 Å². The van der Waals surface area contributed by atoms with Gasteiger partial charge in [0.25, 0.3) is 0 Å². The van der Waals surface area contributed by atoms with E-state index in [0.717, 1.165) is 37.2 Å². The first-order valence-corrected chi connectivity index (χ1v) is 8.17. The lowest BCUT2D eigenvalue weighted by molar-refractivity contribution is 0.236. The number of rotatable bonds is 4. The Morgan fingerprint density at radius 3 is 3.00 bits per heavy atom. The Hall–Kier alpha value is -1.42. The number of aromatic nitrogens is 3. The molecule has 0 amide bonds. The number of piperidine rings is 1. The van der Waals surface area contributed by atoms with Crippen molar-refractivity contribution in [2.45, 2.75) is 52.0 Å². The maximum atomic E-state index is 4.95. The number of fused-ring (bicyclic) bond motifs is 1. The minimum Gasteiger partial charge on any atom is -0.316 e. The number of nitrogens with zero attached hydrogens (tertiary/aromatic N) is 3. The summed E-state index contributed by atoms with van der Waals surface area (Å²) >= 11 is 0. The molecule has 1 aliphatic heterocycles. The van der Waals surface area contributed by atoms with E-state index in [1.54, 1.807) is 0 Å². The Labute approximate surface area is 127 Å². The molecule has 1 unspecified atom stereocenters. The van der Waals surface area contributed by atoms with Crippen molar-refractivity contribution in [3.63, 3.8) is 0 Å². The summed E-state index contributed by atoms with van der Waals surface area (Å²) in [6.45, 7) is 10.1. The first-order chi connectivity index (χ1) is 10.1. The van der Waals surface area contributed by atoms with Gasteiger partial charge in [0.15, 0.2) is 5.65 Å². The third kappa shape index (κ3) is 2.57. The fourth-order valence-corrected chi connectivity index (χ4v) is 3.54. The van der Waals surface area contributed by atoms with Crippen molar-refractivity contribution in [2.75, 3.05) is 13.1 Å². The Morgan fingerprint density at radius 1 is 1.43 bits per heavy atom. The third-order valence-corrected chi connectivity index (χ3v) is 4.84. The van der Waals surface area contributed by atoms with E-state index in [4.69, 9.17) is 4.98 Å². The van der Waals surface area contributed by atoms with E-state index in [1.807, 2.05) is 12.3 Å². The zero-order valence-corrected chi connectivity index (χ0v) is 13.4. The molecule has 0 spiro atoms. The molecule has 0 bridgehead atoms. The van der Waals surface area contributed by atoms with Gasteiger partial charge >= 0.3 is 0 Å². The number of nitrogens with one attached hydrogen (secondary N) is 1. The van der Waals surface area contributed by atoms with Crippen LogP contribution in [-0.4, -0.2) is 27.6 Å². The second-order valence-corrected chi connectivity index (χ2v) is 6.70. The van der Waals surface area contributed by atoms with Crippen LogP contribution in [0.25, 0.3) is 11.2 Å². The number of hydrogen-bond donors (Lipinski definition) is 1. The Balaban J connectivity index is 2.07. The van der Waals surface area contributed by atoms with Crippen LogP contribution < -0.4 is 5.32 Å².